The number of oxazole rings is 2. The third-order valence-electron chi connectivity index (χ3n) is 8.47. The number of thiophene rings is 1. The van der Waals surface area contributed by atoms with E-state index in [4.69, 9.17) is 18.8 Å². The number of benzene rings is 6. The number of para-hydroxylation sites is 4. The van der Waals surface area contributed by atoms with Crippen molar-refractivity contribution in [3.8, 4) is 28.6 Å². The lowest BCUT2D eigenvalue weighted by atomic mass is 10.1. The Morgan fingerprint density at radius 2 is 1.05 bits per heavy atom. The third-order valence-corrected chi connectivity index (χ3v) is 9.60. The van der Waals surface area contributed by atoms with E-state index in [1.807, 2.05) is 59.9 Å². The molecule has 0 aliphatic carbocycles. The molecule has 0 saturated carbocycles. The Morgan fingerprint density at radius 1 is 0.477 bits per heavy atom. The number of rotatable bonds is 3. The topological polar surface area (TPSA) is 57.0 Å². The van der Waals surface area contributed by atoms with Crippen LogP contribution in [0.25, 0.3) is 92.8 Å². The fraction of sp³-hybridized carbons (Fsp3) is 0. The Kier molecular flexibility index (Phi) is 4.81. The highest BCUT2D eigenvalue weighted by Crippen LogP contribution is 2.40. The van der Waals surface area contributed by atoms with Gasteiger partial charge in [-0.05, 0) is 78.9 Å². The van der Waals surface area contributed by atoms with E-state index in [9.17, 15) is 0 Å². The molecule has 0 aliphatic heterocycles. The molecule has 44 heavy (non-hydrogen) atoms. The quantitative estimate of drug-likeness (QED) is 0.208. The lowest BCUT2D eigenvalue weighted by molar-refractivity contribution is 0.619. The average molecular weight is 584 g/mol. The van der Waals surface area contributed by atoms with Gasteiger partial charge in [0.2, 0.25) is 11.8 Å². The average Bonchev–Trinajstić information content (AvgIpc) is 3.85. The minimum absolute atomic E-state index is 0.607. The molecule has 0 atom stereocenters. The molecule has 0 amide bonds. The molecule has 10 aromatic rings. The second-order valence-electron chi connectivity index (χ2n) is 11.1. The van der Waals surface area contributed by atoms with E-state index in [1.54, 1.807) is 0 Å². The molecule has 0 bridgehead atoms. The van der Waals surface area contributed by atoms with Gasteiger partial charge in [0.05, 0.1) is 11.0 Å². The summed E-state index contributed by atoms with van der Waals surface area (Å²) in [4.78, 5) is 9.56. The van der Waals surface area contributed by atoms with E-state index in [0.717, 1.165) is 60.8 Å². The van der Waals surface area contributed by atoms with Crippen molar-refractivity contribution >= 4 is 75.5 Å². The number of hydrogen-bond acceptors (Lipinski definition) is 5. The summed E-state index contributed by atoms with van der Waals surface area (Å²) >= 11 is 1.83. The van der Waals surface area contributed by atoms with Crippen LogP contribution in [0.3, 0.4) is 0 Å². The molecule has 0 radical (unpaired) electrons. The molecule has 0 spiro atoms. The summed E-state index contributed by atoms with van der Waals surface area (Å²) in [6.07, 6.45) is 0. The van der Waals surface area contributed by atoms with Crippen molar-refractivity contribution in [2.45, 2.75) is 0 Å². The van der Waals surface area contributed by atoms with Gasteiger partial charge in [-0.15, -0.1) is 11.3 Å². The Labute approximate surface area is 254 Å². The first-order chi connectivity index (χ1) is 21.8. The van der Waals surface area contributed by atoms with Crippen LogP contribution in [0.2, 0.25) is 0 Å². The number of hydrogen-bond donors (Lipinski definition) is 0. The van der Waals surface area contributed by atoms with Crippen molar-refractivity contribution in [1.29, 1.82) is 0 Å². The Morgan fingerprint density at radius 3 is 1.68 bits per heavy atom. The van der Waals surface area contributed by atoms with Crippen LogP contribution in [0.1, 0.15) is 0 Å². The minimum atomic E-state index is 0.607. The Bertz CT molecular complexity index is 2550. The smallest absolute Gasteiger partial charge is 0.227 e. The van der Waals surface area contributed by atoms with Crippen LogP contribution in [-0.2, 0) is 0 Å². The van der Waals surface area contributed by atoms with Crippen molar-refractivity contribution in [1.82, 2.24) is 14.5 Å². The van der Waals surface area contributed by atoms with Gasteiger partial charge in [0, 0.05) is 47.8 Å². The van der Waals surface area contributed by atoms with Gasteiger partial charge >= 0.3 is 0 Å². The Hall–Kier alpha value is -5.72. The molecule has 0 fully saturated rings. The van der Waals surface area contributed by atoms with Gasteiger partial charge in [0.15, 0.2) is 11.2 Å². The third kappa shape index (κ3) is 3.46. The van der Waals surface area contributed by atoms with Crippen molar-refractivity contribution in [3.05, 3.63) is 127 Å². The summed E-state index contributed by atoms with van der Waals surface area (Å²) < 4.78 is 17.3. The van der Waals surface area contributed by atoms with Gasteiger partial charge in [0.1, 0.15) is 11.0 Å². The zero-order valence-electron chi connectivity index (χ0n) is 23.2. The monoisotopic (exact) mass is 583 g/mol. The molecule has 0 saturated heterocycles. The summed E-state index contributed by atoms with van der Waals surface area (Å²) in [5, 5.41) is 4.79. The van der Waals surface area contributed by atoms with Gasteiger partial charge in [-0.25, -0.2) is 9.97 Å². The summed E-state index contributed by atoms with van der Waals surface area (Å²) in [7, 11) is 0. The predicted octanol–water partition coefficient (Wildman–Crippen LogP) is 10.8. The first-order valence-corrected chi connectivity index (χ1v) is 15.3. The van der Waals surface area contributed by atoms with Crippen molar-refractivity contribution in [3.63, 3.8) is 0 Å². The molecule has 4 heterocycles. The molecule has 6 heteroatoms. The van der Waals surface area contributed by atoms with Gasteiger partial charge in [-0.2, -0.15) is 0 Å². The van der Waals surface area contributed by atoms with Crippen molar-refractivity contribution < 1.29 is 8.83 Å². The zero-order valence-corrected chi connectivity index (χ0v) is 24.0. The van der Waals surface area contributed by atoms with Crippen LogP contribution in [0.15, 0.2) is 136 Å². The van der Waals surface area contributed by atoms with Crippen LogP contribution < -0.4 is 0 Å². The SMILES string of the molecule is c1ccc2oc(-c3ccc4c(c3)c3cc(-c5nc6ccccc6o5)ccc3n4-c3ccc4c(c3)sc3ccccc34)nc2c1. The van der Waals surface area contributed by atoms with Crippen LogP contribution in [0.5, 0.6) is 0 Å². The molecule has 10 rings (SSSR count). The largest absolute Gasteiger partial charge is 0.436 e. The molecule has 0 unspecified atom stereocenters. The highest BCUT2D eigenvalue weighted by atomic mass is 32.1. The summed E-state index contributed by atoms with van der Waals surface area (Å²) in [5.74, 6) is 1.21. The van der Waals surface area contributed by atoms with Gasteiger partial charge in [-0.3, -0.25) is 0 Å². The molecule has 4 aromatic heterocycles. The summed E-state index contributed by atoms with van der Waals surface area (Å²) in [5.41, 5.74) is 8.44. The molecule has 6 aromatic carbocycles. The maximum atomic E-state index is 6.17. The normalized spacial score (nSPS) is 12.1. The molecule has 206 valence electrons. The lowest BCUT2D eigenvalue weighted by Gasteiger charge is -2.08. The summed E-state index contributed by atoms with van der Waals surface area (Å²) in [6.45, 7) is 0. The van der Waals surface area contributed by atoms with Gasteiger partial charge < -0.3 is 13.4 Å². The molecular formula is C38H21N3O2S. The minimum Gasteiger partial charge on any atom is -0.436 e. The second kappa shape index (κ2) is 8.89. The molecule has 5 nitrogen and oxygen atoms in total. The highest BCUT2D eigenvalue weighted by Gasteiger charge is 2.18. The molecule has 0 N–H and O–H groups in total. The van der Waals surface area contributed by atoms with Crippen LogP contribution in [-0.4, -0.2) is 14.5 Å². The van der Waals surface area contributed by atoms with E-state index in [2.05, 4.69) is 83.4 Å². The summed E-state index contributed by atoms with van der Waals surface area (Å²) in [6, 6.07) is 44.1. The second-order valence-corrected chi connectivity index (χ2v) is 12.1. The Balaban J connectivity index is 1.23. The van der Waals surface area contributed by atoms with E-state index < -0.39 is 0 Å². The highest BCUT2D eigenvalue weighted by molar-refractivity contribution is 7.25. The number of fused-ring (bicyclic) bond motifs is 8. The standard InChI is InChI=1S/C38H21N3O2S/c1-6-12-35-25(7-1)26-16-15-24(21-36(26)44-35)41-31-17-13-22(37-39-29-8-2-4-10-33(29)42-37)19-27(31)28-20-23(14-18-32(28)41)38-40-30-9-3-5-11-34(30)43-38/h1-21H. The number of aromatic nitrogens is 3. The van der Waals surface area contributed by atoms with E-state index in [-0.39, 0.29) is 0 Å². The van der Waals surface area contributed by atoms with Gasteiger partial charge in [0.25, 0.3) is 0 Å². The van der Waals surface area contributed by atoms with Crippen molar-refractivity contribution in [2.75, 3.05) is 0 Å². The lowest BCUT2D eigenvalue weighted by Crippen LogP contribution is -1.93. The van der Waals surface area contributed by atoms with E-state index >= 15 is 0 Å². The van der Waals surface area contributed by atoms with E-state index in [1.165, 1.54) is 20.2 Å². The first kappa shape index (κ1) is 23.8. The van der Waals surface area contributed by atoms with Crippen molar-refractivity contribution in [2.24, 2.45) is 0 Å². The maximum Gasteiger partial charge on any atom is 0.227 e. The molecule has 0 aliphatic rings. The van der Waals surface area contributed by atoms with Gasteiger partial charge in [-0.1, -0.05) is 48.5 Å². The van der Waals surface area contributed by atoms with Crippen LogP contribution in [0.4, 0.5) is 0 Å². The van der Waals surface area contributed by atoms with Crippen LogP contribution >= 0.6 is 11.3 Å². The molecular weight excluding hydrogens is 563 g/mol. The zero-order chi connectivity index (χ0) is 28.8. The van der Waals surface area contributed by atoms with E-state index in [0.29, 0.717) is 11.8 Å². The maximum absolute atomic E-state index is 6.17. The first-order valence-electron chi connectivity index (χ1n) is 14.5. The predicted molar refractivity (Wildman–Crippen MR) is 180 cm³/mol. The fourth-order valence-electron chi connectivity index (χ4n) is 6.41. The fourth-order valence-corrected chi connectivity index (χ4v) is 7.55. The number of nitrogens with zero attached hydrogens (tertiary/aromatic N) is 3. The van der Waals surface area contributed by atoms with Crippen LogP contribution in [0, 0.1) is 0 Å².